The van der Waals surface area contributed by atoms with Crippen molar-refractivity contribution in [2.24, 2.45) is 0 Å². The molecule has 1 aromatic rings. The lowest BCUT2D eigenvalue weighted by molar-refractivity contribution is -0.130. The lowest BCUT2D eigenvalue weighted by atomic mass is 10.2. The molecule has 1 aliphatic heterocycles. The summed E-state index contributed by atoms with van der Waals surface area (Å²) in [7, 11) is -3.52. The molecule has 0 spiro atoms. The molecule has 6 heteroatoms. The van der Waals surface area contributed by atoms with Crippen molar-refractivity contribution < 1.29 is 13.2 Å². The average Bonchev–Trinajstić information content (AvgIpc) is 2.91. The molecule has 1 N–H and O–H groups in total. The molecule has 1 radical (unpaired) electrons. The van der Waals surface area contributed by atoms with E-state index < -0.39 is 16.1 Å². The lowest BCUT2D eigenvalue weighted by Gasteiger charge is -2.20. The van der Waals surface area contributed by atoms with E-state index in [-0.39, 0.29) is 11.7 Å². The van der Waals surface area contributed by atoms with E-state index >= 15 is 0 Å². The minimum Gasteiger partial charge on any atom is -0.336 e. The number of carbonyl (C=O) groups excluding carboxylic acids is 1. The summed E-state index contributed by atoms with van der Waals surface area (Å²) >= 11 is 0. The Bertz CT molecular complexity index is 551. The largest absolute Gasteiger partial charge is 0.336 e. The molecule has 5 nitrogen and oxygen atoms in total. The van der Waals surface area contributed by atoms with Crippen molar-refractivity contribution in [2.75, 3.05) is 6.54 Å². The molecule has 0 aromatic heterocycles. The van der Waals surface area contributed by atoms with Gasteiger partial charge in [-0.3, -0.25) is 4.79 Å². The van der Waals surface area contributed by atoms with E-state index in [9.17, 15) is 13.2 Å². The van der Waals surface area contributed by atoms with E-state index in [1.54, 1.807) is 36.1 Å². The molecule has 1 saturated heterocycles. The van der Waals surface area contributed by atoms with Crippen LogP contribution in [0.2, 0.25) is 0 Å². The first kappa shape index (κ1) is 15.0. The Morgan fingerprint density at radius 1 is 1.35 bits per heavy atom. The zero-order chi connectivity index (χ0) is 14.6. The van der Waals surface area contributed by atoms with Crippen LogP contribution in [0, 0.1) is 6.54 Å². The van der Waals surface area contributed by atoms with Gasteiger partial charge in [0, 0.05) is 6.54 Å². The SMILES string of the molecule is CC(NS(=O)(=O)Cc1ccccc1)C(=O)N1[CH]CCC1. The molecular weight excluding hydrogens is 276 g/mol. The number of benzene rings is 1. The van der Waals surface area contributed by atoms with Crippen LogP contribution in [0.1, 0.15) is 25.3 Å². The van der Waals surface area contributed by atoms with E-state index in [4.69, 9.17) is 0 Å². The Kier molecular flexibility index (Phi) is 4.77. The number of likely N-dealkylation sites (tertiary alicyclic amines) is 1. The second-order valence-corrected chi connectivity index (χ2v) is 6.69. The third-order valence-electron chi connectivity index (χ3n) is 3.16. The number of rotatable bonds is 5. The molecule has 1 unspecified atom stereocenters. The smallest absolute Gasteiger partial charge is 0.240 e. The molecular formula is C14H19N2O3S. The first-order valence-electron chi connectivity index (χ1n) is 6.66. The topological polar surface area (TPSA) is 66.5 Å². The summed E-state index contributed by atoms with van der Waals surface area (Å²) in [4.78, 5) is 13.6. The van der Waals surface area contributed by atoms with Crippen molar-refractivity contribution in [1.29, 1.82) is 0 Å². The Hall–Kier alpha value is -1.40. The van der Waals surface area contributed by atoms with Crippen LogP contribution in [0.25, 0.3) is 0 Å². The fraction of sp³-hybridized carbons (Fsp3) is 0.429. The van der Waals surface area contributed by atoms with Gasteiger partial charge in [-0.25, -0.2) is 13.1 Å². The van der Waals surface area contributed by atoms with Crippen molar-refractivity contribution in [3.63, 3.8) is 0 Å². The number of carbonyl (C=O) groups is 1. The zero-order valence-electron chi connectivity index (χ0n) is 11.5. The van der Waals surface area contributed by atoms with E-state index in [1.807, 2.05) is 12.6 Å². The van der Waals surface area contributed by atoms with Gasteiger partial charge in [-0.05, 0) is 25.3 Å². The van der Waals surface area contributed by atoms with E-state index in [0.29, 0.717) is 12.1 Å². The number of nitrogens with one attached hydrogen (secondary N) is 1. The molecule has 0 aliphatic carbocycles. The third kappa shape index (κ3) is 4.05. The Balaban J connectivity index is 1.95. The summed E-state index contributed by atoms with van der Waals surface area (Å²) in [6.45, 7) is 4.07. The Morgan fingerprint density at radius 2 is 2.05 bits per heavy atom. The monoisotopic (exact) mass is 295 g/mol. The highest BCUT2D eigenvalue weighted by atomic mass is 32.2. The predicted octanol–water partition coefficient (Wildman–Crippen LogP) is 1.28. The summed E-state index contributed by atoms with van der Waals surface area (Å²) in [5.74, 6) is -0.311. The Labute approximate surface area is 120 Å². The van der Waals surface area contributed by atoms with Gasteiger partial charge in [-0.15, -0.1) is 0 Å². The highest BCUT2D eigenvalue weighted by Gasteiger charge is 2.26. The molecule has 1 fully saturated rings. The van der Waals surface area contributed by atoms with Crippen LogP contribution in [0.5, 0.6) is 0 Å². The number of hydrogen-bond acceptors (Lipinski definition) is 3. The van der Waals surface area contributed by atoms with Gasteiger partial charge < -0.3 is 4.90 Å². The molecule has 0 bridgehead atoms. The third-order valence-corrected chi connectivity index (χ3v) is 4.59. The minimum absolute atomic E-state index is 0.116. The summed E-state index contributed by atoms with van der Waals surface area (Å²) in [6.07, 6.45) is 1.81. The number of nitrogens with zero attached hydrogens (tertiary/aromatic N) is 1. The molecule has 2 rings (SSSR count). The predicted molar refractivity (Wildman–Crippen MR) is 76.9 cm³/mol. The average molecular weight is 295 g/mol. The van der Waals surface area contributed by atoms with Gasteiger partial charge in [-0.1, -0.05) is 30.3 Å². The van der Waals surface area contributed by atoms with Crippen LogP contribution in [0.4, 0.5) is 0 Å². The van der Waals surface area contributed by atoms with Crippen molar-refractivity contribution in [3.05, 3.63) is 42.4 Å². The molecule has 20 heavy (non-hydrogen) atoms. The highest BCUT2D eigenvalue weighted by molar-refractivity contribution is 7.88. The minimum atomic E-state index is -3.52. The van der Waals surface area contributed by atoms with Crippen LogP contribution in [0.15, 0.2) is 30.3 Å². The quantitative estimate of drug-likeness (QED) is 0.890. The zero-order valence-corrected chi connectivity index (χ0v) is 12.3. The highest BCUT2D eigenvalue weighted by Crippen LogP contribution is 2.14. The fourth-order valence-corrected chi connectivity index (χ4v) is 3.56. The fourth-order valence-electron chi connectivity index (χ4n) is 2.20. The van der Waals surface area contributed by atoms with Crippen LogP contribution >= 0.6 is 0 Å². The van der Waals surface area contributed by atoms with Crippen LogP contribution in [0.3, 0.4) is 0 Å². The van der Waals surface area contributed by atoms with Crippen molar-refractivity contribution in [3.8, 4) is 0 Å². The van der Waals surface area contributed by atoms with Gasteiger partial charge in [0.25, 0.3) is 0 Å². The van der Waals surface area contributed by atoms with E-state index in [0.717, 1.165) is 12.8 Å². The summed E-state index contributed by atoms with van der Waals surface area (Å²) < 4.78 is 26.5. The van der Waals surface area contributed by atoms with Gasteiger partial charge >= 0.3 is 0 Å². The standard InChI is InChI=1S/C14H19N2O3S/c1-12(14(17)16-9-5-6-10-16)15-20(18,19)11-13-7-3-2-4-8-13/h2-4,7-9,12,15H,5-6,10-11H2,1H3. The molecule has 1 aromatic carbocycles. The first-order valence-corrected chi connectivity index (χ1v) is 8.31. The molecule has 1 amide bonds. The second-order valence-electron chi connectivity index (χ2n) is 4.94. The van der Waals surface area contributed by atoms with Crippen molar-refractivity contribution in [2.45, 2.75) is 31.6 Å². The number of sulfonamides is 1. The maximum Gasteiger partial charge on any atom is 0.240 e. The summed E-state index contributed by atoms with van der Waals surface area (Å²) in [5, 5.41) is 0. The van der Waals surface area contributed by atoms with Gasteiger partial charge in [0.1, 0.15) is 0 Å². The number of amides is 1. The van der Waals surface area contributed by atoms with Crippen molar-refractivity contribution >= 4 is 15.9 Å². The lowest BCUT2D eigenvalue weighted by Crippen LogP contribution is -2.45. The second kappa shape index (κ2) is 6.37. The molecule has 109 valence electrons. The molecule has 0 saturated carbocycles. The van der Waals surface area contributed by atoms with E-state index in [1.165, 1.54) is 0 Å². The number of hydrogen-bond donors (Lipinski definition) is 1. The maximum absolute atomic E-state index is 12.0. The van der Waals surface area contributed by atoms with Crippen LogP contribution in [-0.4, -0.2) is 31.8 Å². The maximum atomic E-state index is 12.0. The first-order chi connectivity index (χ1) is 9.48. The normalized spacial score (nSPS) is 17.1. The molecule has 1 aliphatic rings. The van der Waals surface area contributed by atoms with Gasteiger partial charge in [0.2, 0.25) is 15.9 Å². The van der Waals surface area contributed by atoms with Gasteiger partial charge in [0.05, 0.1) is 18.3 Å². The summed E-state index contributed by atoms with van der Waals surface area (Å²) in [5.41, 5.74) is 0.701. The van der Waals surface area contributed by atoms with E-state index in [2.05, 4.69) is 4.72 Å². The van der Waals surface area contributed by atoms with Crippen LogP contribution in [-0.2, 0) is 20.6 Å². The molecule has 1 heterocycles. The Morgan fingerprint density at radius 3 is 2.65 bits per heavy atom. The van der Waals surface area contributed by atoms with Gasteiger partial charge in [-0.2, -0.15) is 0 Å². The molecule has 1 atom stereocenters. The van der Waals surface area contributed by atoms with Gasteiger partial charge in [0.15, 0.2) is 0 Å². The summed E-state index contributed by atoms with van der Waals surface area (Å²) in [6, 6.07) is 8.17. The van der Waals surface area contributed by atoms with Crippen LogP contribution < -0.4 is 4.72 Å². The van der Waals surface area contributed by atoms with Crippen molar-refractivity contribution in [1.82, 2.24) is 9.62 Å².